The number of hydrogen-bond acceptors (Lipinski definition) is 5. The summed E-state index contributed by atoms with van der Waals surface area (Å²) >= 11 is 0. The smallest absolute Gasteiger partial charge is 0.338 e. The molecule has 0 aromatic rings. The van der Waals surface area contributed by atoms with Crippen LogP contribution < -0.4 is 0 Å². The number of Topliss-reactive ketones (excluding diaryl/α,β-unsaturated/α-hetero) is 1. The van der Waals surface area contributed by atoms with Crippen molar-refractivity contribution >= 4 is 17.7 Å². The lowest BCUT2D eigenvalue weighted by atomic mass is 9.72. The van der Waals surface area contributed by atoms with Crippen molar-refractivity contribution in [3.63, 3.8) is 0 Å². The molecule has 0 aromatic carbocycles. The van der Waals surface area contributed by atoms with Crippen LogP contribution >= 0.6 is 0 Å². The van der Waals surface area contributed by atoms with Gasteiger partial charge in [-0.25, -0.2) is 4.79 Å². The molecule has 6 nitrogen and oxygen atoms in total. The fourth-order valence-electron chi connectivity index (χ4n) is 5.34. The van der Waals surface area contributed by atoms with Gasteiger partial charge in [0.05, 0.1) is 12.7 Å². The predicted molar refractivity (Wildman–Crippen MR) is 83.7 cm³/mol. The molecule has 4 rings (SSSR count). The van der Waals surface area contributed by atoms with Crippen molar-refractivity contribution in [2.45, 2.75) is 50.2 Å². The van der Waals surface area contributed by atoms with Crippen molar-refractivity contribution in [2.75, 3.05) is 13.7 Å². The number of rotatable bonds is 1. The first-order valence-corrected chi connectivity index (χ1v) is 8.44. The Morgan fingerprint density at radius 1 is 1.29 bits per heavy atom. The first kappa shape index (κ1) is 15.4. The molecule has 4 aliphatic rings. The third-order valence-corrected chi connectivity index (χ3v) is 6.26. The SMILES string of the molecule is C=C1C(=O)[C@@]2(OC(=O)C(C)=C2OC)[C@]23CCC(=O)N2CCCC[C@@H]13. The largest absolute Gasteiger partial charge is 0.496 e. The Kier molecular flexibility index (Phi) is 3.03. The van der Waals surface area contributed by atoms with Crippen molar-refractivity contribution in [1.29, 1.82) is 0 Å². The molecule has 1 aliphatic carbocycles. The van der Waals surface area contributed by atoms with E-state index in [1.807, 2.05) is 0 Å². The van der Waals surface area contributed by atoms with Crippen molar-refractivity contribution < 1.29 is 23.9 Å². The Morgan fingerprint density at radius 3 is 2.75 bits per heavy atom. The second kappa shape index (κ2) is 4.71. The summed E-state index contributed by atoms with van der Waals surface area (Å²) in [6.45, 7) is 6.20. The van der Waals surface area contributed by atoms with Crippen LogP contribution in [0.4, 0.5) is 0 Å². The van der Waals surface area contributed by atoms with E-state index < -0.39 is 17.1 Å². The zero-order chi connectivity index (χ0) is 17.3. The minimum atomic E-state index is -1.55. The van der Waals surface area contributed by atoms with E-state index in [4.69, 9.17) is 9.47 Å². The summed E-state index contributed by atoms with van der Waals surface area (Å²) in [6, 6.07) is 0. The van der Waals surface area contributed by atoms with Gasteiger partial charge in [-0.3, -0.25) is 9.59 Å². The molecule has 0 radical (unpaired) electrons. The number of ketones is 1. The zero-order valence-electron chi connectivity index (χ0n) is 14.0. The van der Waals surface area contributed by atoms with Gasteiger partial charge in [0.1, 0.15) is 5.54 Å². The van der Waals surface area contributed by atoms with Crippen LogP contribution in [0.5, 0.6) is 0 Å². The van der Waals surface area contributed by atoms with E-state index in [2.05, 4.69) is 6.58 Å². The van der Waals surface area contributed by atoms with Crippen LogP contribution in [0, 0.1) is 5.92 Å². The molecule has 1 saturated carbocycles. The highest BCUT2D eigenvalue weighted by Gasteiger charge is 2.78. The number of carbonyl (C=O) groups excluding carboxylic acids is 3. The molecule has 3 aliphatic heterocycles. The number of amides is 1. The molecule has 0 aromatic heterocycles. The normalized spacial score (nSPS) is 38.6. The van der Waals surface area contributed by atoms with Crippen LogP contribution in [0.25, 0.3) is 0 Å². The van der Waals surface area contributed by atoms with Crippen molar-refractivity contribution in [3.05, 3.63) is 23.5 Å². The molecule has 0 N–H and O–H groups in total. The van der Waals surface area contributed by atoms with Crippen LogP contribution in [0.2, 0.25) is 0 Å². The molecule has 6 heteroatoms. The van der Waals surface area contributed by atoms with Crippen molar-refractivity contribution in [2.24, 2.45) is 5.92 Å². The van der Waals surface area contributed by atoms with E-state index in [9.17, 15) is 14.4 Å². The summed E-state index contributed by atoms with van der Waals surface area (Å²) in [5, 5.41) is 0. The lowest BCUT2D eigenvalue weighted by Gasteiger charge is -2.46. The van der Waals surface area contributed by atoms with Gasteiger partial charge in [-0.2, -0.15) is 0 Å². The number of methoxy groups -OCH3 is 1. The first-order chi connectivity index (χ1) is 11.4. The third-order valence-electron chi connectivity index (χ3n) is 6.26. The van der Waals surface area contributed by atoms with Crippen LogP contribution in [-0.2, 0) is 23.9 Å². The number of hydrogen-bond donors (Lipinski definition) is 0. The summed E-state index contributed by atoms with van der Waals surface area (Å²) in [5.74, 6) is -0.784. The topological polar surface area (TPSA) is 72.9 Å². The van der Waals surface area contributed by atoms with Crippen LogP contribution in [0.1, 0.15) is 39.0 Å². The summed E-state index contributed by atoms with van der Waals surface area (Å²) < 4.78 is 11.3. The fraction of sp³-hybridized carbons (Fsp3) is 0.611. The highest BCUT2D eigenvalue weighted by Crippen LogP contribution is 2.62. The van der Waals surface area contributed by atoms with E-state index in [0.29, 0.717) is 30.5 Å². The molecule has 3 atom stereocenters. The molecule has 128 valence electrons. The Hall–Kier alpha value is -2.11. The van der Waals surface area contributed by atoms with Crippen molar-refractivity contribution in [1.82, 2.24) is 4.90 Å². The standard InChI is InChI=1S/C18H21NO5/c1-10-12-6-4-5-9-19-13(20)7-8-17(12,19)18(14(10)21)15(23-3)11(2)16(22)24-18/h12H,1,4-9H2,2-3H3/t12-,17+,18-/m0/s1. The van der Waals surface area contributed by atoms with Gasteiger partial charge in [0.2, 0.25) is 11.7 Å². The Morgan fingerprint density at radius 2 is 2.04 bits per heavy atom. The van der Waals surface area contributed by atoms with Gasteiger partial charge in [-0.15, -0.1) is 0 Å². The second-order valence-corrected chi connectivity index (χ2v) is 7.10. The average Bonchev–Trinajstić information content (AvgIpc) is 3.00. The Bertz CT molecular complexity index is 723. The lowest BCUT2D eigenvalue weighted by molar-refractivity contribution is -0.171. The van der Waals surface area contributed by atoms with Crippen LogP contribution in [0.3, 0.4) is 0 Å². The highest BCUT2D eigenvalue weighted by atomic mass is 16.6. The van der Waals surface area contributed by atoms with E-state index >= 15 is 0 Å². The average molecular weight is 331 g/mol. The zero-order valence-corrected chi connectivity index (χ0v) is 14.0. The van der Waals surface area contributed by atoms with Gasteiger partial charge in [-0.05, 0) is 31.8 Å². The maximum absolute atomic E-state index is 13.3. The van der Waals surface area contributed by atoms with E-state index in [1.165, 1.54) is 7.11 Å². The monoisotopic (exact) mass is 331 g/mol. The minimum Gasteiger partial charge on any atom is -0.496 e. The molecule has 0 bridgehead atoms. The lowest BCUT2D eigenvalue weighted by Crippen LogP contribution is -2.65. The minimum absolute atomic E-state index is 0.0137. The Labute approximate surface area is 140 Å². The van der Waals surface area contributed by atoms with E-state index in [0.717, 1.165) is 19.3 Å². The number of nitrogens with zero attached hydrogens (tertiary/aromatic N) is 1. The maximum Gasteiger partial charge on any atom is 0.338 e. The van der Waals surface area contributed by atoms with Gasteiger partial charge >= 0.3 is 5.97 Å². The quantitative estimate of drug-likeness (QED) is 0.538. The highest BCUT2D eigenvalue weighted by molar-refractivity contribution is 6.14. The summed E-state index contributed by atoms with van der Waals surface area (Å²) in [6.07, 6.45) is 3.39. The molecular formula is C18H21NO5. The van der Waals surface area contributed by atoms with Crippen LogP contribution in [-0.4, -0.2) is 47.4 Å². The van der Waals surface area contributed by atoms with Gasteiger partial charge in [0, 0.05) is 18.9 Å². The first-order valence-electron chi connectivity index (χ1n) is 8.44. The summed E-state index contributed by atoms with van der Waals surface area (Å²) in [4.78, 5) is 40.0. The van der Waals surface area contributed by atoms with Gasteiger partial charge in [0.15, 0.2) is 5.76 Å². The number of ether oxygens (including phenoxy) is 2. The molecular weight excluding hydrogens is 310 g/mol. The van der Waals surface area contributed by atoms with E-state index in [-0.39, 0.29) is 23.4 Å². The number of esters is 1. The molecule has 2 saturated heterocycles. The second-order valence-electron chi connectivity index (χ2n) is 7.10. The fourth-order valence-corrected chi connectivity index (χ4v) is 5.34. The number of carbonyl (C=O) groups is 3. The molecule has 2 spiro atoms. The van der Waals surface area contributed by atoms with Gasteiger partial charge in [0.25, 0.3) is 5.60 Å². The van der Waals surface area contributed by atoms with Crippen molar-refractivity contribution in [3.8, 4) is 0 Å². The molecule has 1 amide bonds. The molecule has 3 fully saturated rings. The Balaban J connectivity index is 2.03. The van der Waals surface area contributed by atoms with E-state index in [1.54, 1.807) is 11.8 Å². The molecule has 0 unspecified atom stereocenters. The van der Waals surface area contributed by atoms with Crippen LogP contribution in [0.15, 0.2) is 23.5 Å². The summed E-state index contributed by atoms with van der Waals surface area (Å²) in [5.41, 5.74) is -1.68. The third kappa shape index (κ3) is 1.41. The van der Waals surface area contributed by atoms with Gasteiger partial charge < -0.3 is 14.4 Å². The molecule has 24 heavy (non-hydrogen) atoms. The maximum atomic E-state index is 13.3. The summed E-state index contributed by atoms with van der Waals surface area (Å²) in [7, 11) is 1.44. The van der Waals surface area contributed by atoms with Gasteiger partial charge in [-0.1, -0.05) is 13.0 Å². The molecule has 3 heterocycles. The predicted octanol–water partition coefficient (Wildman–Crippen LogP) is 1.50.